The zero-order valence-electron chi connectivity index (χ0n) is 8.10. The second kappa shape index (κ2) is 8.96. The molecule has 0 amide bonds. The quantitative estimate of drug-likeness (QED) is 0.482. The van der Waals surface area contributed by atoms with Crippen LogP contribution in [0.1, 0.15) is 26.2 Å². The monoisotopic (exact) mass is 185 g/mol. The van der Waals surface area contributed by atoms with Crippen molar-refractivity contribution in [2.45, 2.75) is 32.2 Å². The van der Waals surface area contributed by atoms with Gasteiger partial charge in [0, 0.05) is 12.5 Å². The molecule has 0 aliphatic rings. The Kier molecular flexibility index (Phi) is 8.86. The molecule has 0 aromatic heterocycles. The molecule has 1 atom stereocenters. The van der Waals surface area contributed by atoms with E-state index in [4.69, 9.17) is 6.42 Å². The van der Waals surface area contributed by atoms with Gasteiger partial charge in [0.05, 0.1) is 0 Å². The van der Waals surface area contributed by atoms with Crippen LogP contribution in [-0.2, 0) is 0 Å². The van der Waals surface area contributed by atoms with Crippen LogP contribution < -0.4 is 5.32 Å². The highest BCUT2D eigenvalue weighted by Crippen LogP contribution is 1.99. The molecule has 0 rings (SSSR count). The van der Waals surface area contributed by atoms with Crippen LogP contribution in [-0.4, -0.2) is 24.6 Å². The Labute approximate surface area is 80.7 Å². The molecule has 0 spiro atoms. The third kappa shape index (κ3) is 7.97. The predicted molar refractivity (Wildman–Crippen MR) is 58.5 cm³/mol. The van der Waals surface area contributed by atoms with Gasteiger partial charge in [-0.25, -0.2) is 0 Å². The Morgan fingerprint density at radius 3 is 2.92 bits per heavy atom. The topological polar surface area (TPSA) is 12.0 Å². The van der Waals surface area contributed by atoms with Gasteiger partial charge in [0.1, 0.15) is 0 Å². The summed E-state index contributed by atoms with van der Waals surface area (Å²) >= 11 is 1.90. The molecule has 0 aliphatic heterocycles. The second-order valence-electron chi connectivity index (χ2n) is 2.94. The van der Waals surface area contributed by atoms with Crippen molar-refractivity contribution in [2.24, 2.45) is 0 Å². The lowest BCUT2D eigenvalue weighted by atomic mass is 10.2. The van der Waals surface area contributed by atoms with Crippen molar-refractivity contribution >= 4 is 11.8 Å². The zero-order chi connectivity index (χ0) is 9.23. The molecular formula is C10H19NS. The summed E-state index contributed by atoms with van der Waals surface area (Å²) < 4.78 is 0. The lowest BCUT2D eigenvalue weighted by Crippen LogP contribution is -2.27. The van der Waals surface area contributed by atoms with Crippen LogP contribution in [0.4, 0.5) is 0 Å². The summed E-state index contributed by atoms with van der Waals surface area (Å²) in [6.45, 7) is 3.28. The van der Waals surface area contributed by atoms with Crippen molar-refractivity contribution < 1.29 is 0 Å². The summed E-state index contributed by atoms with van der Waals surface area (Å²) in [4.78, 5) is 0. The van der Waals surface area contributed by atoms with E-state index in [0.29, 0.717) is 6.04 Å². The fourth-order valence-electron chi connectivity index (χ4n) is 0.936. The molecule has 0 saturated carbocycles. The smallest absolute Gasteiger partial charge is 0.00981 e. The van der Waals surface area contributed by atoms with Crippen LogP contribution in [0.2, 0.25) is 0 Å². The summed E-state index contributed by atoms with van der Waals surface area (Å²) in [5, 5.41) is 3.44. The van der Waals surface area contributed by atoms with Crippen LogP contribution in [0.3, 0.4) is 0 Å². The Bertz CT molecular complexity index is 128. The van der Waals surface area contributed by atoms with Gasteiger partial charge in [0.2, 0.25) is 0 Å². The highest BCUT2D eigenvalue weighted by molar-refractivity contribution is 7.98. The molecule has 0 bridgehead atoms. The second-order valence-corrected chi connectivity index (χ2v) is 3.93. The maximum atomic E-state index is 5.14. The Morgan fingerprint density at radius 2 is 2.33 bits per heavy atom. The van der Waals surface area contributed by atoms with E-state index in [2.05, 4.69) is 24.4 Å². The summed E-state index contributed by atoms with van der Waals surface area (Å²) in [6, 6.07) is 0.634. The van der Waals surface area contributed by atoms with Crippen LogP contribution in [0.15, 0.2) is 0 Å². The lowest BCUT2D eigenvalue weighted by molar-refractivity contribution is 0.530. The number of thioether (sulfide) groups is 1. The van der Waals surface area contributed by atoms with Crippen LogP contribution in [0.5, 0.6) is 0 Å². The Balaban J connectivity index is 3.09. The van der Waals surface area contributed by atoms with Crippen LogP contribution in [0.25, 0.3) is 0 Å². The van der Waals surface area contributed by atoms with Gasteiger partial charge >= 0.3 is 0 Å². The van der Waals surface area contributed by atoms with E-state index in [1.807, 2.05) is 11.8 Å². The first kappa shape index (κ1) is 11.9. The number of unbranched alkanes of at least 4 members (excludes halogenated alkanes) is 1. The largest absolute Gasteiger partial charge is 0.314 e. The number of terminal acetylenes is 1. The van der Waals surface area contributed by atoms with Gasteiger partial charge in [0.15, 0.2) is 0 Å². The average molecular weight is 185 g/mol. The molecule has 1 N–H and O–H groups in total. The van der Waals surface area contributed by atoms with E-state index in [0.717, 1.165) is 19.4 Å². The number of hydrogen-bond donors (Lipinski definition) is 1. The van der Waals surface area contributed by atoms with Gasteiger partial charge < -0.3 is 5.32 Å². The highest BCUT2D eigenvalue weighted by atomic mass is 32.2. The first-order valence-corrected chi connectivity index (χ1v) is 5.86. The lowest BCUT2D eigenvalue weighted by Gasteiger charge is -2.11. The van der Waals surface area contributed by atoms with E-state index in [-0.39, 0.29) is 0 Å². The van der Waals surface area contributed by atoms with Gasteiger partial charge in [-0.1, -0.05) is 0 Å². The fraction of sp³-hybridized carbons (Fsp3) is 0.800. The van der Waals surface area contributed by atoms with Crippen molar-refractivity contribution in [2.75, 3.05) is 18.6 Å². The molecule has 0 aromatic rings. The standard InChI is InChI=1S/C10H19NS/c1-4-5-6-8-11-10(2)7-9-12-3/h1,10-11H,5-9H2,2-3H3. The van der Waals surface area contributed by atoms with E-state index in [9.17, 15) is 0 Å². The molecule has 1 unspecified atom stereocenters. The third-order valence-electron chi connectivity index (χ3n) is 1.75. The summed E-state index contributed by atoms with van der Waals surface area (Å²) in [6.07, 6.45) is 10.5. The molecule has 2 heteroatoms. The number of hydrogen-bond acceptors (Lipinski definition) is 2. The first-order valence-electron chi connectivity index (χ1n) is 4.47. The maximum absolute atomic E-state index is 5.14. The fourth-order valence-corrected chi connectivity index (χ4v) is 1.52. The normalized spacial score (nSPS) is 12.4. The summed E-state index contributed by atoms with van der Waals surface area (Å²) in [5.74, 6) is 3.88. The summed E-state index contributed by atoms with van der Waals surface area (Å²) in [7, 11) is 0. The van der Waals surface area contributed by atoms with Gasteiger partial charge in [-0.15, -0.1) is 12.3 Å². The molecule has 0 fully saturated rings. The Morgan fingerprint density at radius 1 is 1.58 bits per heavy atom. The molecule has 0 heterocycles. The predicted octanol–water partition coefficient (Wildman–Crippen LogP) is 2.13. The maximum Gasteiger partial charge on any atom is 0.00981 e. The van der Waals surface area contributed by atoms with Crippen molar-refractivity contribution in [3.05, 3.63) is 0 Å². The van der Waals surface area contributed by atoms with E-state index < -0.39 is 0 Å². The Hall–Kier alpha value is -0.130. The van der Waals surface area contributed by atoms with Gasteiger partial charge in [-0.3, -0.25) is 0 Å². The molecule has 70 valence electrons. The van der Waals surface area contributed by atoms with Crippen molar-refractivity contribution in [1.82, 2.24) is 5.32 Å². The zero-order valence-corrected chi connectivity index (χ0v) is 8.91. The first-order chi connectivity index (χ1) is 5.81. The minimum absolute atomic E-state index is 0.634. The van der Waals surface area contributed by atoms with Crippen LogP contribution >= 0.6 is 11.8 Å². The highest BCUT2D eigenvalue weighted by Gasteiger charge is 1.98. The minimum atomic E-state index is 0.634. The van der Waals surface area contributed by atoms with E-state index in [1.54, 1.807) is 0 Å². The SMILES string of the molecule is C#CCCCNC(C)CCSC. The molecule has 0 saturated heterocycles. The minimum Gasteiger partial charge on any atom is -0.314 e. The molecule has 1 nitrogen and oxygen atoms in total. The third-order valence-corrected chi connectivity index (χ3v) is 2.39. The molecule has 12 heavy (non-hydrogen) atoms. The molecule has 0 aromatic carbocycles. The molecular weight excluding hydrogens is 166 g/mol. The molecule has 0 aliphatic carbocycles. The van der Waals surface area contributed by atoms with Gasteiger partial charge in [-0.2, -0.15) is 11.8 Å². The molecule has 0 radical (unpaired) electrons. The van der Waals surface area contributed by atoms with E-state index >= 15 is 0 Å². The average Bonchev–Trinajstić information content (AvgIpc) is 2.09. The van der Waals surface area contributed by atoms with Crippen LogP contribution in [0, 0.1) is 12.3 Å². The summed E-state index contributed by atoms with van der Waals surface area (Å²) in [5.41, 5.74) is 0. The van der Waals surface area contributed by atoms with Crippen molar-refractivity contribution in [3.63, 3.8) is 0 Å². The van der Waals surface area contributed by atoms with Gasteiger partial charge in [-0.05, 0) is 38.3 Å². The van der Waals surface area contributed by atoms with E-state index in [1.165, 1.54) is 12.2 Å². The number of nitrogens with one attached hydrogen (secondary N) is 1. The van der Waals surface area contributed by atoms with Crippen molar-refractivity contribution in [3.8, 4) is 12.3 Å². The number of rotatable bonds is 7. The van der Waals surface area contributed by atoms with Crippen molar-refractivity contribution in [1.29, 1.82) is 0 Å². The van der Waals surface area contributed by atoms with Gasteiger partial charge in [0.25, 0.3) is 0 Å².